The molecule has 1 N–H and O–H groups in total. The van der Waals surface area contributed by atoms with E-state index in [9.17, 15) is 0 Å². The van der Waals surface area contributed by atoms with Crippen LogP contribution in [0.2, 0.25) is 0 Å². The molecule has 0 saturated carbocycles. The predicted octanol–water partition coefficient (Wildman–Crippen LogP) is 2.11. The zero-order valence-corrected chi connectivity index (χ0v) is 10.9. The van der Waals surface area contributed by atoms with Gasteiger partial charge in [0.15, 0.2) is 0 Å². The van der Waals surface area contributed by atoms with Gasteiger partial charge in [0, 0.05) is 23.0 Å². The lowest BCUT2D eigenvalue weighted by Gasteiger charge is -2.15. The molecule has 1 atom stereocenters. The van der Waals surface area contributed by atoms with Crippen LogP contribution < -0.4 is 10.1 Å². The summed E-state index contributed by atoms with van der Waals surface area (Å²) in [4.78, 5) is 4.50. The van der Waals surface area contributed by atoms with E-state index in [1.807, 2.05) is 20.2 Å². The Morgan fingerprint density at radius 1 is 1.44 bits per heavy atom. The van der Waals surface area contributed by atoms with Gasteiger partial charge in [0.2, 0.25) is 0 Å². The third-order valence-corrected chi connectivity index (χ3v) is 2.84. The SMILES string of the molecule is CNCC(C)Cc1ncc(C)c(OC)c1C. The van der Waals surface area contributed by atoms with E-state index < -0.39 is 0 Å². The zero-order valence-electron chi connectivity index (χ0n) is 10.9. The second-order valence-corrected chi connectivity index (χ2v) is 4.41. The number of aromatic nitrogens is 1. The van der Waals surface area contributed by atoms with Gasteiger partial charge in [-0.2, -0.15) is 0 Å². The average Bonchev–Trinajstić information content (AvgIpc) is 2.23. The molecule has 0 saturated heterocycles. The van der Waals surface area contributed by atoms with Crippen LogP contribution >= 0.6 is 0 Å². The molecular formula is C13H22N2O. The van der Waals surface area contributed by atoms with Crippen molar-refractivity contribution in [2.75, 3.05) is 20.7 Å². The Labute approximate surface area is 98.2 Å². The van der Waals surface area contributed by atoms with Gasteiger partial charge in [-0.05, 0) is 39.8 Å². The van der Waals surface area contributed by atoms with E-state index in [0.29, 0.717) is 5.92 Å². The fourth-order valence-corrected chi connectivity index (χ4v) is 2.03. The molecule has 16 heavy (non-hydrogen) atoms. The second kappa shape index (κ2) is 5.85. The first-order chi connectivity index (χ1) is 7.60. The Morgan fingerprint density at radius 3 is 2.69 bits per heavy atom. The predicted molar refractivity (Wildman–Crippen MR) is 67.1 cm³/mol. The van der Waals surface area contributed by atoms with Gasteiger partial charge in [0.1, 0.15) is 5.75 Å². The normalized spacial score (nSPS) is 12.6. The Kier molecular flexibility index (Phi) is 4.74. The average molecular weight is 222 g/mol. The summed E-state index contributed by atoms with van der Waals surface area (Å²) >= 11 is 0. The topological polar surface area (TPSA) is 34.2 Å². The Bertz CT molecular complexity index is 350. The number of pyridine rings is 1. The lowest BCUT2D eigenvalue weighted by Crippen LogP contribution is -2.19. The molecule has 0 radical (unpaired) electrons. The van der Waals surface area contributed by atoms with Crippen molar-refractivity contribution in [1.82, 2.24) is 10.3 Å². The van der Waals surface area contributed by atoms with Crippen molar-refractivity contribution in [2.45, 2.75) is 27.2 Å². The molecule has 0 amide bonds. The molecule has 3 heteroatoms. The van der Waals surface area contributed by atoms with E-state index >= 15 is 0 Å². The van der Waals surface area contributed by atoms with Crippen molar-refractivity contribution in [3.8, 4) is 5.75 Å². The number of ether oxygens (including phenoxy) is 1. The number of nitrogens with zero attached hydrogens (tertiary/aromatic N) is 1. The zero-order chi connectivity index (χ0) is 12.1. The molecular weight excluding hydrogens is 200 g/mol. The van der Waals surface area contributed by atoms with Crippen LogP contribution in [-0.2, 0) is 6.42 Å². The Balaban J connectivity index is 2.89. The Hall–Kier alpha value is -1.09. The van der Waals surface area contributed by atoms with Gasteiger partial charge < -0.3 is 10.1 Å². The summed E-state index contributed by atoms with van der Waals surface area (Å²) in [6.45, 7) is 7.35. The van der Waals surface area contributed by atoms with Crippen LogP contribution in [-0.4, -0.2) is 25.7 Å². The van der Waals surface area contributed by atoms with E-state index in [4.69, 9.17) is 4.74 Å². The van der Waals surface area contributed by atoms with Gasteiger partial charge in [-0.1, -0.05) is 6.92 Å². The van der Waals surface area contributed by atoms with E-state index in [1.165, 1.54) is 5.56 Å². The molecule has 90 valence electrons. The first-order valence-corrected chi connectivity index (χ1v) is 5.73. The molecule has 3 nitrogen and oxygen atoms in total. The van der Waals surface area contributed by atoms with Crippen LogP contribution in [0.3, 0.4) is 0 Å². The first-order valence-electron chi connectivity index (χ1n) is 5.73. The van der Waals surface area contributed by atoms with Gasteiger partial charge in [0.05, 0.1) is 7.11 Å². The van der Waals surface area contributed by atoms with Crippen LogP contribution in [0, 0.1) is 19.8 Å². The molecule has 0 fully saturated rings. The molecule has 1 aromatic heterocycles. The highest BCUT2D eigenvalue weighted by Gasteiger charge is 2.11. The van der Waals surface area contributed by atoms with Gasteiger partial charge in [0.25, 0.3) is 0 Å². The molecule has 1 heterocycles. The summed E-state index contributed by atoms with van der Waals surface area (Å²) < 4.78 is 5.40. The monoisotopic (exact) mass is 222 g/mol. The van der Waals surface area contributed by atoms with Crippen LogP contribution in [0.4, 0.5) is 0 Å². The lowest BCUT2D eigenvalue weighted by molar-refractivity contribution is 0.406. The number of rotatable bonds is 5. The third-order valence-electron chi connectivity index (χ3n) is 2.84. The number of nitrogens with one attached hydrogen (secondary N) is 1. The minimum Gasteiger partial charge on any atom is -0.496 e. The lowest BCUT2D eigenvalue weighted by atomic mass is 10.0. The highest BCUT2D eigenvalue weighted by atomic mass is 16.5. The smallest absolute Gasteiger partial charge is 0.128 e. The highest BCUT2D eigenvalue weighted by molar-refractivity contribution is 5.41. The van der Waals surface area contributed by atoms with Crippen LogP contribution in [0.25, 0.3) is 0 Å². The molecule has 0 spiro atoms. The van der Waals surface area contributed by atoms with E-state index in [0.717, 1.165) is 30.0 Å². The fraction of sp³-hybridized carbons (Fsp3) is 0.615. The summed E-state index contributed by atoms with van der Waals surface area (Å²) in [7, 11) is 3.70. The molecule has 0 bridgehead atoms. The van der Waals surface area contributed by atoms with Gasteiger partial charge in [-0.3, -0.25) is 4.98 Å². The van der Waals surface area contributed by atoms with Crippen LogP contribution in [0.15, 0.2) is 6.20 Å². The summed E-state index contributed by atoms with van der Waals surface area (Å²) in [5.41, 5.74) is 3.42. The van der Waals surface area contributed by atoms with E-state index in [-0.39, 0.29) is 0 Å². The maximum atomic E-state index is 5.40. The maximum absolute atomic E-state index is 5.40. The molecule has 0 aliphatic carbocycles. The maximum Gasteiger partial charge on any atom is 0.128 e. The third kappa shape index (κ3) is 2.95. The number of methoxy groups -OCH3 is 1. The van der Waals surface area contributed by atoms with Crippen molar-refractivity contribution >= 4 is 0 Å². The summed E-state index contributed by atoms with van der Waals surface area (Å²) in [5, 5.41) is 3.19. The van der Waals surface area contributed by atoms with Gasteiger partial charge in [-0.15, -0.1) is 0 Å². The van der Waals surface area contributed by atoms with Crippen LogP contribution in [0.5, 0.6) is 5.75 Å². The van der Waals surface area contributed by atoms with Crippen molar-refractivity contribution in [3.05, 3.63) is 23.0 Å². The summed E-state index contributed by atoms with van der Waals surface area (Å²) in [6.07, 6.45) is 2.89. The minimum absolute atomic E-state index is 0.587. The number of hydrogen-bond acceptors (Lipinski definition) is 3. The second-order valence-electron chi connectivity index (χ2n) is 4.41. The largest absolute Gasteiger partial charge is 0.496 e. The van der Waals surface area contributed by atoms with E-state index in [1.54, 1.807) is 7.11 Å². The molecule has 0 aliphatic heterocycles. The number of aryl methyl sites for hydroxylation is 1. The molecule has 1 unspecified atom stereocenters. The minimum atomic E-state index is 0.587. The van der Waals surface area contributed by atoms with Gasteiger partial charge >= 0.3 is 0 Å². The standard InChI is InChI=1S/C13H22N2O/c1-9(7-14-4)6-12-11(3)13(16-5)10(2)8-15-12/h8-9,14H,6-7H2,1-5H3. The quantitative estimate of drug-likeness (QED) is 0.828. The van der Waals surface area contributed by atoms with E-state index in [2.05, 4.69) is 24.1 Å². The van der Waals surface area contributed by atoms with Crippen molar-refractivity contribution in [3.63, 3.8) is 0 Å². The molecule has 1 rings (SSSR count). The van der Waals surface area contributed by atoms with Crippen molar-refractivity contribution in [1.29, 1.82) is 0 Å². The van der Waals surface area contributed by atoms with Crippen molar-refractivity contribution < 1.29 is 4.74 Å². The fourth-order valence-electron chi connectivity index (χ4n) is 2.03. The number of hydrogen-bond donors (Lipinski definition) is 1. The molecule has 0 aliphatic rings. The Morgan fingerprint density at radius 2 is 2.12 bits per heavy atom. The van der Waals surface area contributed by atoms with Gasteiger partial charge in [-0.25, -0.2) is 0 Å². The first kappa shape index (κ1) is 13.0. The molecule has 1 aromatic rings. The highest BCUT2D eigenvalue weighted by Crippen LogP contribution is 2.25. The van der Waals surface area contributed by atoms with Crippen LogP contribution in [0.1, 0.15) is 23.7 Å². The van der Waals surface area contributed by atoms with Crippen molar-refractivity contribution in [2.24, 2.45) is 5.92 Å². The summed E-state index contributed by atoms with van der Waals surface area (Å²) in [6, 6.07) is 0. The molecule has 0 aromatic carbocycles. The summed E-state index contributed by atoms with van der Waals surface area (Å²) in [5.74, 6) is 1.56.